The molecule has 7 nitrogen and oxygen atoms in total. The summed E-state index contributed by atoms with van der Waals surface area (Å²) in [7, 11) is -3.43. The summed E-state index contributed by atoms with van der Waals surface area (Å²) in [6, 6.07) is 7.05. The SMILES string of the molecule is C=CC(=O)NCc1ccc(C(=O)N2CCCC(S(=O)(=O)NC3CCCC3)C2)cc1. The Morgan fingerprint density at radius 2 is 1.79 bits per heavy atom. The topological polar surface area (TPSA) is 95.6 Å². The number of amides is 2. The number of hydrogen-bond donors (Lipinski definition) is 2. The molecule has 0 spiro atoms. The molecule has 0 bridgehead atoms. The van der Waals surface area contributed by atoms with E-state index in [1.54, 1.807) is 29.2 Å². The number of rotatable bonds is 7. The molecule has 3 rings (SSSR count). The van der Waals surface area contributed by atoms with E-state index in [-0.39, 0.29) is 24.4 Å². The van der Waals surface area contributed by atoms with E-state index in [9.17, 15) is 18.0 Å². The maximum absolute atomic E-state index is 12.9. The largest absolute Gasteiger partial charge is 0.348 e. The van der Waals surface area contributed by atoms with Crippen molar-refractivity contribution < 1.29 is 18.0 Å². The summed E-state index contributed by atoms with van der Waals surface area (Å²) in [5.41, 5.74) is 1.39. The van der Waals surface area contributed by atoms with Crippen molar-refractivity contribution in [3.8, 4) is 0 Å². The summed E-state index contributed by atoms with van der Waals surface area (Å²) in [6.07, 6.45) is 6.38. The molecule has 1 atom stereocenters. The second-order valence-corrected chi connectivity index (χ2v) is 9.77. The number of piperidine rings is 1. The molecule has 2 amide bonds. The Balaban J connectivity index is 1.60. The first-order chi connectivity index (χ1) is 13.9. The summed E-state index contributed by atoms with van der Waals surface area (Å²) in [6.45, 7) is 4.54. The normalized spacial score (nSPS) is 20.4. The van der Waals surface area contributed by atoms with Crippen molar-refractivity contribution in [3.63, 3.8) is 0 Å². The number of hydrogen-bond acceptors (Lipinski definition) is 4. The molecule has 1 heterocycles. The van der Waals surface area contributed by atoms with E-state index in [2.05, 4.69) is 16.6 Å². The molecular formula is C21H29N3O4S. The summed E-state index contributed by atoms with van der Waals surface area (Å²) in [5.74, 6) is -0.413. The summed E-state index contributed by atoms with van der Waals surface area (Å²) in [5, 5.41) is 2.13. The average Bonchev–Trinajstić information content (AvgIpc) is 3.24. The van der Waals surface area contributed by atoms with Crippen molar-refractivity contribution in [1.29, 1.82) is 0 Å². The van der Waals surface area contributed by atoms with E-state index in [0.717, 1.165) is 31.2 Å². The van der Waals surface area contributed by atoms with Gasteiger partial charge in [-0.1, -0.05) is 31.6 Å². The van der Waals surface area contributed by atoms with Crippen molar-refractivity contribution in [2.75, 3.05) is 13.1 Å². The molecule has 2 fully saturated rings. The van der Waals surface area contributed by atoms with Crippen LogP contribution < -0.4 is 10.0 Å². The Morgan fingerprint density at radius 1 is 1.10 bits per heavy atom. The molecule has 29 heavy (non-hydrogen) atoms. The van der Waals surface area contributed by atoms with Gasteiger partial charge in [0.05, 0.1) is 5.25 Å². The monoisotopic (exact) mass is 419 g/mol. The minimum absolute atomic E-state index is 0.0419. The highest BCUT2D eigenvalue weighted by Gasteiger charge is 2.34. The number of nitrogens with one attached hydrogen (secondary N) is 2. The highest BCUT2D eigenvalue weighted by Crippen LogP contribution is 2.23. The van der Waals surface area contributed by atoms with Crippen LogP contribution in [0.2, 0.25) is 0 Å². The number of carbonyl (C=O) groups excluding carboxylic acids is 2. The van der Waals surface area contributed by atoms with Crippen LogP contribution in [-0.4, -0.2) is 49.5 Å². The number of benzene rings is 1. The first-order valence-corrected chi connectivity index (χ1v) is 11.7. The lowest BCUT2D eigenvalue weighted by Crippen LogP contribution is -2.49. The third kappa shape index (κ3) is 5.67. The number of nitrogens with zero attached hydrogens (tertiary/aromatic N) is 1. The van der Waals surface area contributed by atoms with Gasteiger partial charge in [-0.25, -0.2) is 13.1 Å². The van der Waals surface area contributed by atoms with Crippen LogP contribution >= 0.6 is 0 Å². The molecule has 1 aromatic rings. The summed E-state index contributed by atoms with van der Waals surface area (Å²) < 4.78 is 28.4. The third-order valence-corrected chi connectivity index (χ3v) is 7.57. The van der Waals surface area contributed by atoms with Crippen LogP contribution in [0.15, 0.2) is 36.9 Å². The van der Waals surface area contributed by atoms with Crippen LogP contribution in [0.25, 0.3) is 0 Å². The van der Waals surface area contributed by atoms with Gasteiger partial charge in [-0.15, -0.1) is 0 Å². The minimum atomic E-state index is -3.43. The summed E-state index contributed by atoms with van der Waals surface area (Å²) >= 11 is 0. The van der Waals surface area contributed by atoms with Gasteiger partial charge in [0.25, 0.3) is 5.91 Å². The van der Waals surface area contributed by atoms with Gasteiger partial charge >= 0.3 is 0 Å². The van der Waals surface area contributed by atoms with Crippen LogP contribution in [0.4, 0.5) is 0 Å². The van der Waals surface area contributed by atoms with Crippen molar-refractivity contribution in [1.82, 2.24) is 14.9 Å². The van der Waals surface area contributed by atoms with Gasteiger partial charge in [-0.2, -0.15) is 0 Å². The molecular weight excluding hydrogens is 390 g/mol. The Labute approximate surface area is 172 Å². The molecule has 0 radical (unpaired) electrons. The smallest absolute Gasteiger partial charge is 0.253 e. The van der Waals surface area contributed by atoms with E-state index in [4.69, 9.17) is 0 Å². The van der Waals surface area contributed by atoms with E-state index in [0.29, 0.717) is 31.5 Å². The van der Waals surface area contributed by atoms with Crippen LogP contribution in [0.5, 0.6) is 0 Å². The van der Waals surface area contributed by atoms with E-state index in [1.807, 2.05) is 0 Å². The molecule has 1 unspecified atom stereocenters. The van der Waals surface area contributed by atoms with Gasteiger partial charge < -0.3 is 10.2 Å². The lowest BCUT2D eigenvalue weighted by atomic mass is 10.1. The van der Waals surface area contributed by atoms with Crippen LogP contribution in [-0.2, 0) is 21.4 Å². The van der Waals surface area contributed by atoms with Crippen LogP contribution in [0, 0.1) is 0 Å². The molecule has 0 aromatic heterocycles. The fraction of sp³-hybridized carbons (Fsp3) is 0.524. The Morgan fingerprint density at radius 3 is 2.45 bits per heavy atom. The first-order valence-electron chi connectivity index (χ1n) is 10.2. The summed E-state index contributed by atoms with van der Waals surface area (Å²) in [4.78, 5) is 25.7. The maximum Gasteiger partial charge on any atom is 0.253 e. The average molecular weight is 420 g/mol. The van der Waals surface area contributed by atoms with Crippen molar-refractivity contribution in [2.45, 2.75) is 56.4 Å². The lowest BCUT2D eigenvalue weighted by Gasteiger charge is -2.33. The van der Waals surface area contributed by atoms with Gasteiger partial charge in [0.1, 0.15) is 0 Å². The van der Waals surface area contributed by atoms with Gasteiger partial charge in [-0.3, -0.25) is 9.59 Å². The second-order valence-electron chi connectivity index (χ2n) is 7.78. The predicted octanol–water partition coefficient (Wildman–Crippen LogP) is 1.96. The van der Waals surface area contributed by atoms with Crippen molar-refractivity contribution in [3.05, 3.63) is 48.0 Å². The molecule has 2 aliphatic rings. The molecule has 1 aromatic carbocycles. The van der Waals surface area contributed by atoms with Crippen molar-refractivity contribution >= 4 is 21.8 Å². The Bertz CT molecular complexity index is 845. The van der Waals surface area contributed by atoms with E-state index < -0.39 is 15.3 Å². The highest BCUT2D eigenvalue weighted by atomic mass is 32.2. The lowest BCUT2D eigenvalue weighted by molar-refractivity contribution is -0.116. The molecule has 1 aliphatic heterocycles. The third-order valence-electron chi connectivity index (χ3n) is 5.64. The second kappa shape index (κ2) is 9.54. The standard InChI is InChI=1S/C21H29N3O4S/c1-2-20(25)22-14-16-9-11-17(12-10-16)21(26)24-13-5-8-19(15-24)29(27,28)23-18-6-3-4-7-18/h2,9-12,18-19,23H,1,3-8,13-15H2,(H,22,25). The maximum atomic E-state index is 12.9. The fourth-order valence-electron chi connectivity index (χ4n) is 3.96. The molecule has 158 valence electrons. The van der Waals surface area contributed by atoms with E-state index >= 15 is 0 Å². The van der Waals surface area contributed by atoms with Gasteiger partial charge in [0.2, 0.25) is 15.9 Å². The zero-order valence-corrected chi connectivity index (χ0v) is 17.4. The molecule has 1 aliphatic carbocycles. The highest BCUT2D eigenvalue weighted by molar-refractivity contribution is 7.90. The zero-order chi connectivity index (χ0) is 20.9. The first kappa shape index (κ1) is 21.5. The number of carbonyl (C=O) groups is 2. The van der Waals surface area contributed by atoms with Gasteiger partial charge in [0, 0.05) is 31.2 Å². The van der Waals surface area contributed by atoms with Crippen LogP contribution in [0.3, 0.4) is 0 Å². The molecule has 8 heteroatoms. The molecule has 2 N–H and O–H groups in total. The molecule has 1 saturated carbocycles. The number of likely N-dealkylation sites (tertiary alicyclic amines) is 1. The quantitative estimate of drug-likeness (QED) is 0.661. The van der Waals surface area contributed by atoms with E-state index in [1.165, 1.54) is 6.08 Å². The zero-order valence-electron chi connectivity index (χ0n) is 16.6. The Kier molecular flexibility index (Phi) is 7.08. The minimum Gasteiger partial charge on any atom is -0.348 e. The predicted molar refractivity (Wildman–Crippen MR) is 112 cm³/mol. The fourth-order valence-corrected chi connectivity index (χ4v) is 5.70. The van der Waals surface area contributed by atoms with Crippen LogP contribution in [0.1, 0.15) is 54.4 Å². The van der Waals surface area contributed by atoms with Gasteiger partial charge in [0.15, 0.2) is 0 Å². The molecule has 1 saturated heterocycles. The van der Waals surface area contributed by atoms with Gasteiger partial charge in [-0.05, 0) is 49.5 Å². The Hall–Kier alpha value is -2.19. The van der Waals surface area contributed by atoms with Crippen molar-refractivity contribution in [2.24, 2.45) is 0 Å². The number of sulfonamides is 1.